The Morgan fingerprint density at radius 1 is 1.62 bits per heavy atom. The van der Waals surface area contributed by atoms with Crippen molar-refractivity contribution in [3.8, 4) is 0 Å². The van der Waals surface area contributed by atoms with Gasteiger partial charge in [-0.3, -0.25) is 0 Å². The molecule has 0 aromatic heterocycles. The monoisotopic (exact) mass is 158 g/mol. The van der Waals surface area contributed by atoms with Gasteiger partial charge in [0.2, 0.25) is 10.0 Å². The van der Waals surface area contributed by atoms with E-state index in [1.807, 2.05) is 0 Å². The van der Waals surface area contributed by atoms with E-state index in [4.69, 9.17) is 11.8 Å². The molecule has 0 aliphatic carbocycles. The van der Waals surface area contributed by atoms with Crippen LogP contribution in [0.2, 0.25) is 0 Å². The van der Waals surface area contributed by atoms with Crippen LogP contribution in [0.25, 0.3) is 0 Å². The van der Waals surface area contributed by atoms with Crippen LogP contribution >= 0.6 is 11.8 Å². The molecule has 50 valence electrons. The van der Waals surface area contributed by atoms with Gasteiger partial charge >= 0.3 is 0 Å². The summed E-state index contributed by atoms with van der Waals surface area (Å²) in [5.74, 6) is -0.128. The fourth-order valence-corrected chi connectivity index (χ4v) is 0.774. The first kappa shape index (κ1) is 8.16. The minimum absolute atomic E-state index is 0.128. The summed E-state index contributed by atoms with van der Waals surface area (Å²) in [7, 11) is -3.33. The minimum atomic E-state index is -3.33. The number of nitrogens with one attached hydrogen (secondary N) is 1. The molecule has 4 nitrogen and oxygen atoms in total. The van der Waals surface area contributed by atoms with Crippen LogP contribution in [-0.4, -0.2) is 20.7 Å². The molecule has 0 rings (SSSR count). The van der Waals surface area contributed by atoms with Crippen LogP contribution in [0.3, 0.4) is 0 Å². The van der Waals surface area contributed by atoms with Crippen molar-refractivity contribution in [3.05, 3.63) is 0 Å². The molecule has 0 aliphatic heterocycles. The van der Waals surface area contributed by atoms with Crippen molar-refractivity contribution in [2.24, 2.45) is 5.14 Å². The highest BCUT2D eigenvalue weighted by molar-refractivity contribution is 7.89. The Labute approximate surface area is 53.2 Å². The van der Waals surface area contributed by atoms with Gasteiger partial charge in [0.25, 0.3) is 0 Å². The maximum Gasteiger partial charge on any atom is 0.210 e. The van der Waals surface area contributed by atoms with Crippen LogP contribution in [0, 0.1) is 0 Å². The molecule has 0 unspecified atom stereocenters. The summed E-state index contributed by atoms with van der Waals surface area (Å²) in [4.78, 5) is 2.14. The number of primary sulfonamides is 1. The molecule has 6 heteroatoms. The van der Waals surface area contributed by atoms with E-state index in [0.29, 0.717) is 0 Å². The van der Waals surface area contributed by atoms with Gasteiger partial charge in [0.15, 0.2) is 0 Å². The van der Waals surface area contributed by atoms with Gasteiger partial charge < -0.3 is 0 Å². The smallest absolute Gasteiger partial charge is 0.210 e. The van der Waals surface area contributed by atoms with Crippen LogP contribution in [0.1, 0.15) is 0 Å². The topological polar surface area (TPSA) is 72.2 Å². The highest BCUT2D eigenvalue weighted by atomic mass is 35.5. The lowest BCUT2D eigenvalue weighted by atomic mass is 10.8. The van der Waals surface area contributed by atoms with Crippen molar-refractivity contribution in [1.29, 1.82) is 0 Å². The zero-order valence-electron chi connectivity index (χ0n) is 4.09. The minimum Gasteiger partial charge on any atom is -0.232 e. The van der Waals surface area contributed by atoms with Crippen LogP contribution < -0.4 is 9.97 Å². The maximum atomic E-state index is 10.1. The highest BCUT2D eigenvalue weighted by Crippen LogP contribution is 1.73. The normalized spacial score (nSPS) is 11.8. The molecule has 0 fully saturated rings. The van der Waals surface area contributed by atoms with E-state index in [2.05, 4.69) is 9.97 Å². The molecule has 0 amide bonds. The first-order chi connectivity index (χ1) is 3.56. The number of rotatable bonds is 3. The lowest BCUT2D eigenvalue weighted by molar-refractivity contribution is 0.597. The molecule has 0 aliphatic rings. The molecule has 0 atom stereocenters. The standard InChI is InChI=1S/C2H7ClN2O2S/c3-5-1-2-8(4,6)7/h5H,1-2H2,(H2,4,6,7). The fraction of sp³-hybridized carbons (Fsp3) is 1.00. The lowest BCUT2D eigenvalue weighted by Gasteiger charge is -1.91. The van der Waals surface area contributed by atoms with Crippen molar-refractivity contribution >= 4 is 21.8 Å². The third-order valence-electron chi connectivity index (χ3n) is 0.481. The molecule has 0 saturated carbocycles. The Morgan fingerprint density at radius 2 is 2.12 bits per heavy atom. The summed E-state index contributed by atoms with van der Waals surface area (Å²) in [6.07, 6.45) is 0. The van der Waals surface area contributed by atoms with Crippen molar-refractivity contribution in [1.82, 2.24) is 4.84 Å². The van der Waals surface area contributed by atoms with Crippen LogP contribution in [-0.2, 0) is 10.0 Å². The number of hydrogen-bond acceptors (Lipinski definition) is 3. The summed E-state index contributed by atoms with van der Waals surface area (Å²) in [6, 6.07) is 0. The first-order valence-electron chi connectivity index (χ1n) is 1.90. The van der Waals surface area contributed by atoms with Gasteiger partial charge in [-0.15, -0.1) is 0 Å². The Hall–Kier alpha value is 0.160. The van der Waals surface area contributed by atoms with E-state index >= 15 is 0 Å². The quantitative estimate of drug-likeness (QED) is 0.519. The van der Waals surface area contributed by atoms with E-state index in [0.717, 1.165) is 0 Å². The number of hydrogen-bond donors (Lipinski definition) is 2. The number of sulfonamides is 1. The average Bonchev–Trinajstić information content (AvgIpc) is 1.59. The second kappa shape index (κ2) is 3.24. The Balaban J connectivity index is 3.42. The van der Waals surface area contributed by atoms with Gasteiger partial charge in [0.05, 0.1) is 5.75 Å². The zero-order chi connectivity index (χ0) is 6.62. The Morgan fingerprint density at radius 3 is 2.25 bits per heavy atom. The molecule has 8 heavy (non-hydrogen) atoms. The third kappa shape index (κ3) is 6.16. The van der Waals surface area contributed by atoms with E-state index in [-0.39, 0.29) is 12.3 Å². The molecule has 3 N–H and O–H groups in total. The van der Waals surface area contributed by atoms with Gasteiger partial charge in [-0.1, -0.05) is 0 Å². The number of nitrogens with two attached hydrogens (primary N) is 1. The maximum absolute atomic E-state index is 10.1. The van der Waals surface area contributed by atoms with Gasteiger partial charge in [-0.2, -0.15) is 0 Å². The molecule has 0 bridgehead atoms. The van der Waals surface area contributed by atoms with Crippen molar-refractivity contribution in [2.45, 2.75) is 0 Å². The first-order valence-corrected chi connectivity index (χ1v) is 3.99. The van der Waals surface area contributed by atoms with Crippen molar-refractivity contribution in [3.63, 3.8) is 0 Å². The fourth-order valence-electron chi connectivity index (χ4n) is 0.181. The summed E-state index contributed by atoms with van der Waals surface area (Å²) >= 11 is 4.94. The predicted octanol–water partition coefficient (Wildman–Crippen LogP) is -0.982. The van der Waals surface area contributed by atoms with Gasteiger partial charge in [-0.25, -0.2) is 18.4 Å². The summed E-state index contributed by atoms with van der Waals surface area (Å²) < 4.78 is 20.1. The van der Waals surface area contributed by atoms with Gasteiger partial charge in [0, 0.05) is 6.54 Å². The molecule has 0 aromatic carbocycles. The van der Waals surface area contributed by atoms with Crippen LogP contribution in [0.15, 0.2) is 0 Å². The second-order valence-corrected chi connectivity index (χ2v) is 3.25. The van der Waals surface area contributed by atoms with Gasteiger partial charge in [-0.05, 0) is 11.8 Å². The summed E-state index contributed by atoms with van der Waals surface area (Å²) in [5.41, 5.74) is 0. The molecule has 0 aromatic rings. The van der Waals surface area contributed by atoms with Crippen LogP contribution in [0.5, 0.6) is 0 Å². The van der Waals surface area contributed by atoms with E-state index in [1.54, 1.807) is 0 Å². The Kier molecular flexibility index (Phi) is 3.30. The molecule has 0 heterocycles. The van der Waals surface area contributed by atoms with Crippen LogP contribution in [0.4, 0.5) is 0 Å². The molecule has 0 radical (unpaired) electrons. The molecular weight excluding hydrogens is 152 g/mol. The zero-order valence-corrected chi connectivity index (χ0v) is 5.67. The number of halogens is 1. The molecule has 0 spiro atoms. The summed E-state index contributed by atoms with van der Waals surface area (Å²) in [5, 5.41) is 4.60. The van der Waals surface area contributed by atoms with Gasteiger partial charge in [0.1, 0.15) is 0 Å². The second-order valence-electron chi connectivity index (χ2n) is 1.25. The van der Waals surface area contributed by atoms with Crippen molar-refractivity contribution < 1.29 is 8.42 Å². The highest BCUT2D eigenvalue weighted by Gasteiger charge is 1.98. The van der Waals surface area contributed by atoms with E-state index in [9.17, 15) is 8.42 Å². The van der Waals surface area contributed by atoms with E-state index in [1.165, 1.54) is 0 Å². The molecular formula is C2H7ClN2O2S. The third-order valence-corrected chi connectivity index (χ3v) is 1.44. The average molecular weight is 159 g/mol. The van der Waals surface area contributed by atoms with Crippen molar-refractivity contribution in [2.75, 3.05) is 12.3 Å². The lowest BCUT2D eigenvalue weighted by Crippen LogP contribution is -2.22. The SMILES string of the molecule is NS(=O)(=O)CCNCl. The Bertz CT molecular complexity index is 142. The predicted molar refractivity (Wildman–Crippen MR) is 31.8 cm³/mol. The summed E-state index contributed by atoms with van der Waals surface area (Å²) in [6.45, 7) is 0.181. The van der Waals surface area contributed by atoms with E-state index < -0.39 is 10.0 Å². The molecule has 0 saturated heterocycles. The largest absolute Gasteiger partial charge is 0.232 e.